The normalized spacial score (nSPS) is 19.0. The molecule has 0 bridgehead atoms. The third-order valence-corrected chi connectivity index (χ3v) is 6.07. The van der Waals surface area contributed by atoms with Crippen molar-refractivity contribution in [2.75, 3.05) is 23.8 Å². The van der Waals surface area contributed by atoms with E-state index in [9.17, 15) is 9.59 Å². The van der Waals surface area contributed by atoms with Gasteiger partial charge < -0.3 is 20.1 Å². The first-order chi connectivity index (χ1) is 14.2. The Morgan fingerprint density at radius 1 is 0.967 bits per heavy atom. The average Bonchev–Trinajstić information content (AvgIpc) is 3.24. The molecule has 0 aliphatic heterocycles. The van der Waals surface area contributed by atoms with Crippen LogP contribution in [0.1, 0.15) is 37.6 Å². The number of alkyl halides is 2. The van der Waals surface area contributed by atoms with Crippen LogP contribution in [0.5, 0.6) is 11.5 Å². The van der Waals surface area contributed by atoms with E-state index in [-0.39, 0.29) is 11.8 Å². The number of nitrogens with one attached hydrogen (secondary N) is 2. The number of rotatable bonds is 8. The number of halogens is 2. The number of anilines is 2. The quantitative estimate of drug-likeness (QED) is 0.537. The molecule has 1 unspecified atom stereocenters. The van der Waals surface area contributed by atoms with Crippen LogP contribution in [0.15, 0.2) is 42.5 Å². The van der Waals surface area contributed by atoms with Gasteiger partial charge in [0.05, 0.1) is 30.0 Å². The van der Waals surface area contributed by atoms with Crippen molar-refractivity contribution in [3.8, 4) is 11.5 Å². The first-order valence-electron chi connectivity index (χ1n) is 9.71. The monoisotopic (exact) mass is 450 g/mol. The van der Waals surface area contributed by atoms with E-state index in [0.717, 1.165) is 0 Å². The lowest BCUT2D eigenvalue weighted by molar-refractivity contribution is -0.120. The van der Waals surface area contributed by atoms with Gasteiger partial charge in [0.1, 0.15) is 15.8 Å². The minimum Gasteiger partial charge on any atom is -0.492 e. The van der Waals surface area contributed by atoms with E-state index in [0.29, 0.717) is 48.1 Å². The number of carbonyl (C=O) groups is 2. The molecule has 2 N–H and O–H groups in total. The Kier molecular flexibility index (Phi) is 6.48. The Hall–Kier alpha value is -2.44. The number of carbonyl (C=O) groups excluding carboxylic acids is 2. The molecule has 2 amide bonds. The van der Waals surface area contributed by atoms with Gasteiger partial charge in [-0.1, -0.05) is 18.2 Å². The fourth-order valence-corrected chi connectivity index (χ4v) is 3.70. The van der Waals surface area contributed by atoms with Crippen LogP contribution < -0.4 is 20.1 Å². The first kappa shape index (κ1) is 22.2. The third-order valence-electron chi connectivity index (χ3n) is 4.97. The summed E-state index contributed by atoms with van der Waals surface area (Å²) in [5.41, 5.74) is 0.484. The Morgan fingerprint density at radius 3 is 1.93 bits per heavy atom. The summed E-state index contributed by atoms with van der Waals surface area (Å²) in [7, 11) is 0. The highest BCUT2D eigenvalue weighted by Crippen LogP contribution is 2.64. The summed E-state index contributed by atoms with van der Waals surface area (Å²) in [6.45, 7) is 6.11. The molecule has 160 valence electrons. The maximum atomic E-state index is 12.7. The molecule has 8 heteroatoms. The van der Waals surface area contributed by atoms with E-state index in [1.54, 1.807) is 43.3 Å². The minimum absolute atomic E-state index is 0.282. The number of hydrogen-bond acceptors (Lipinski definition) is 4. The lowest BCUT2D eigenvalue weighted by Crippen LogP contribution is -2.26. The molecule has 6 nitrogen and oxygen atoms in total. The van der Waals surface area contributed by atoms with Crippen LogP contribution in [0, 0.1) is 5.41 Å². The van der Waals surface area contributed by atoms with Crippen LogP contribution in [0.25, 0.3) is 0 Å². The van der Waals surface area contributed by atoms with Crippen molar-refractivity contribution < 1.29 is 19.1 Å². The zero-order valence-electron chi connectivity index (χ0n) is 17.1. The van der Waals surface area contributed by atoms with Gasteiger partial charge >= 0.3 is 0 Å². The van der Waals surface area contributed by atoms with Crippen molar-refractivity contribution in [2.45, 2.75) is 31.5 Å². The lowest BCUT2D eigenvalue weighted by atomic mass is 10.1. The Bertz CT molecular complexity index is 950. The Morgan fingerprint density at radius 2 is 1.47 bits per heavy atom. The largest absolute Gasteiger partial charge is 0.492 e. The molecule has 1 aliphatic rings. The van der Waals surface area contributed by atoms with Crippen LogP contribution >= 0.6 is 23.2 Å². The van der Waals surface area contributed by atoms with E-state index in [1.807, 2.05) is 19.9 Å². The molecule has 0 aromatic heterocycles. The van der Waals surface area contributed by atoms with Crippen molar-refractivity contribution >= 4 is 46.4 Å². The average molecular weight is 451 g/mol. The van der Waals surface area contributed by atoms with Gasteiger partial charge in [-0.2, -0.15) is 0 Å². The Balaban J connectivity index is 1.91. The molecule has 1 aliphatic carbocycles. The zero-order chi connectivity index (χ0) is 21.9. The highest BCUT2D eigenvalue weighted by molar-refractivity contribution is 6.53. The summed E-state index contributed by atoms with van der Waals surface area (Å²) in [5, 5.41) is 5.69. The van der Waals surface area contributed by atoms with Crippen molar-refractivity contribution in [1.29, 1.82) is 0 Å². The Labute approximate surface area is 185 Å². The SMILES string of the molecule is CCOc1cc(NC(=O)C2(C)CC2(Cl)Cl)c(OCC)cc1NC(=O)c1ccccc1. The molecule has 30 heavy (non-hydrogen) atoms. The summed E-state index contributed by atoms with van der Waals surface area (Å²) in [6.07, 6.45) is 0.364. The van der Waals surface area contributed by atoms with E-state index >= 15 is 0 Å². The molecule has 2 aromatic carbocycles. The number of benzene rings is 2. The second kappa shape index (κ2) is 8.74. The van der Waals surface area contributed by atoms with Crippen molar-refractivity contribution in [2.24, 2.45) is 5.41 Å². The molecular weight excluding hydrogens is 427 g/mol. The fraction of sp³-hybridized carbons (Fsp3) is 0.364. The highest BCUT2D eigenvalue weighted by Gasteiger charge is 2.68. The molecule has 0 saturated heterocycles. The molecule has 0 radical (unpaired) electrons. The van der Waals surface area contributed by atoms with Gasteiger partial charge in [-0.05, 0) is 39.3 Å². The smallest absolute Gasteiger partial charge is 0.255 e. The van der Waals surface area contributed by atoms with Crippen LogP contribution in [0.3, 0.4) is 0 Å². The molecule has 1 atom stereocenters. The first-order valence-corrected chi connectivity index (χ1v) is 10.5. The summed E-state index contributed by atoms with van der Waals surface area (Å²) in [6, 6.07) is 12.1. The lowest BCUT2D eigenvalue weighted by Gasteiger charge is -2.19. The molecule has 0 spiro atoms. The molecule has 1 saturated carbocycles. The van der Waals surface area contributed by atoms with Crippen LogP contribution in [-0.2, 0) is 4.79 Å². The van der Waals surface area contributed by atoms with Gasteiger partial charge in [0.15, 0.2) is 0 Å². The van der Waals surface area contributed by atoms with Crippen LogP contribution in [-0.4, -0.2) is 29.4 Å². The van der Waals surface area contributed by atoms with Gasteiger partial charge in [-0.15, -0.1) is 23.2 Å². The third kappa shape index (κ3) is 4.50. The maximum absolute atomic E-state index is 12.7. The molecule has 2 aromatic rings. The van der Waals surface area contributed by atoms with E-state index in [1.165, 1.54) is 0 Å². The number of ether oxygens (including phenoxy) is 2. The van der Waals surface area contributed by atoms with Crippen molar-refractivity contribution in [1.82, 2.24) is 0 Å². The van der Waals surface area contributed by atoms with E-state index in [2.05, 4.69) is 10.6 Å². The van der Waals surface area contributed by atoms with Gasteiger partial charge in [0.2, 0.25) is 5.91 Å². The molecule has 3 rings (SSSR count). The second-order valence-electron chi connectivity index (χ2n) is 7.20. The minimum atomic E-state index is -1.09. The topological polar surface area (TPSA) is 76.7 Å². The zero-order valence-corrected chi connectivity index (χ0v) is 18.6. The predicted molar refractivity (Wildman–Crippen MR) is 119 cm³/mol. The van der Waals surface area contributed by atoms with Gasteiger partial charge in [0.25, 0.3) is 5.91 Å². The number of amides is 2. The highest BCUT2D eigenvalue weighted by atomic mass is 35.5. The summed E-state index contributed by atoms with van der Waals surface area (Å²) in [4.78, 5) is 25.3. The molecule has 0 heterocycles. The second-order valence-corrected chi connectivity index (χ2v) is 8.68. The van der Waals surface area contributed by atoms with E-state index < -0.39 is 9.75 Å². The van der Waals surface area contributed by atoms with Crippen molar-refractivity contribution in [3.05, 3.63) is 48.0 Å². The molecule has 1 fully saturated rings. The van der Waals surface area contributed by atoms with E-state index in [4.69, 9.17) is 32.7 Å². The van der Waals surface area contributed by atoms with Crippen molar-refractivity contribution in [3.63, 3.8) is 0 Å². The standard InChI is InChI=1S/C22H24Cl2N2O4/c1-4-29-17-12-16(26-20(28)21(3)13-22(21,23)24)18(30-5-2)11-15(17)25-19(27)14-9-7-6-8-10-14/h6-12H,4-5,13H2,1-3H3,(H,25,27)(H,26,28). The van der Waals surface area contributed by atoms with Gasteiger partial charge in [-0.25, -0.2) is 0 Å². The fourth-order valence-electron chi connectivity index (χ4n) is 3.00. The summed E-state index contributed by atoms with van der Waals surface area (Å²) < 4.78 is 10.3. The van der Waals surface area contributed by atoms with Crippen LogP contribution in [0.4, 0.5) is 11.4 Å². The van der Waals surface area contributed by atoms with Gasteiger partial charge in [-0.3, -0.25) is 9.59 Å². The number of hydrogen-bond donors (Lipinski definition) is 2. The summed E-state index contributed by atoms with van der Waals surface area (Å²) in [5.74, 6) is 0.216. The summed E-state index contributed by atoms with van der Waals surface area (Å²) >= 11 is 12.3. The van der Waals surface area contributed by atoms with Gasteiger partial charge in [0, 0.05) is 17.7 Å². The predicted octanol–water partition coefficient (Wildman–Crippen LogP) is 5.26. The maximum Gasteiger partial charge on any atom is 0.255 e. The molecular formula is C22H24Cl2N2O4. The van der Waals surface area contributed by atoms with Crippen LogP contribution in [0.2, 0.25) is 0 Å².